The molecular formula is C22H28N4O4. The summed E-state index contributed by atoms with van der Waals surface area (Å²) in [4.78, 5) is 36.9. The average molecular weight is 412 g/mol. The van der Waals surface area contributed by atoms with Crippen molar-refractivity contribution in [3.63, 3.8) is 0 Å². The number of pyridine rings is 2. The van der Waals surface area contributed by atoms with Crippen molar-refractivity contribution in [1.82, 2.24) is 19.8 Å². The maximum absolute atomic E-state index is 13.4. The van der Waals surface area contributed by atoms with Crippen molar-refractivity contribution in [2.24, 2.45) is 5.92 Å². The van der Waals surface area contributed by atoms with Gasteiger partial charge in [-0.1, -0.05) is 13.0 Å². The van der Waals surface area contributed by atoms with Crippen LogP contribution in [0.25, 0.3) is 11.1 Å². The van der Waals surface area contributed by atoms with Crippen LogP contribution in [-0.4, -0.2) is 75.6 Å². The molecule has 30 heavy (non-hydrogen) atoms. The summed E-state index contributed by atoms with van der Waals surface area (Å²) in [5.41, 5.74) is 1.92. The summed E-state index contributed by atoms with van der Waals surface area (Å²) >= 11 is 0. The molecule has 0 unspecified atom stereocenters. The van der Waals surface area contributed by atoms with E-state index in [0.29, 0.717) is 18.7 Å². The van der Waals surface area contributed by atoms with Crippen LogP contribution in [0.3, 0.4) is 0 Å². The molecule has 3 heterocycles. The number of rotatable bonds is 5. The van der Waals surface area contributed by atoms with E-state index in [1.165, 1.54) is 6.92 Å². The number of ether oxygens (including phenoxy) is 1. The van der Waals surface area contributed by atoms with Gasteiger partial charge in [-0.15, -0.1) is 0 Å². The van der Waals surface area contributed by atoms with Gasteiger partial charge in [0.25, 0.3) is 5.91 Å². The van der Waals surface area contributed by atoms with E-state index in [2.05, 4.69) is 9.97 Å². The van der Waals surface area contributed by atoms with Crippen LogP contribution in [0.2, 0.25) is 0 Å². The predicted molar refractivity (Wildman–Crippen MR) is 112 cm³/mol. The number of nitrogens with zero attached hydrogens (tertiary/aromatic N) is 4. The first-order chi connectivity index (χ1) is 14.3. The highest BCUT2D eigenvalue weighted by atomic mass is 16.5. The van der Waals surface area contributed by atoms with E-state index < -0.39 is 0 Å². The number of aliphatic hydroxyl groups is 1. The van der Waals surface area contributed by atoms with Crippen LogP contribution in [0.4, 0.5) is 0 Å². The highest BCUT2D eigenvalue weighted by molar-refractivity contribution is 5.98. The summed E-state index contributed by atoms with van der Waals surface area (Å²) in [6, 6.07) is 5.10. The van der Waals surface area contributed by atoms with Crippen molar-refractivity contribution in [3.05, 3.63) is 42.4 Å². The van der Waals surface area contributed by atoms with Gasteiger partial charge < -0.3 is 19.6 Å². The van der Waals surface area contributed by atoms with Crippen LogP contribution in [0.1, 0.15) is 31.1 Å². The molecule has 0 saturated carbocycles. The molecule has 3 atom stereocenters. The molecule has 2 amide bonds. The Kier molecular flexibility index (Phi) is 6.66. The number of aliphatic hydroxyl groups excluding tert-OH is 1. The monoisotopic (exact) mass is 412 g/mol. The summed E-state index contributed by atoms with van der Waals surface area (Å²) < 4.78 is 6.16. The van der Waals surface area contributed by atoms with E-state index in [4.69, 9.17) is 4.74 Å². The van der Waals surface area contributed by atoms with Gasteiger partial charge in [-0.3, -0.25) is 14.6 Å². The van der Waals surface area contributed by atoms with E-state index >= 15 is 0 Å². The van der Waals surface area contributed by atoms with Crippen molar-refractivity contribution in [2.75, 3.05) is 26.7 Å². The van der Waals surface area contributed by atoms with Crippen molar-refractivity contribution >= 4 is 11.8 Å². The number of aromatic nitrogens is 2. The fraction of sp³-hybridized carbons (Fsp3) is 0.455. The molecule has 1 aliphatic rings. The van der Waals surface area contributed by atoms with Crippen molar-refractivity contribution < 1.29 is 19.4 Å². The van der Waals surface area contributed by atoms with Gasteiger partial charge in [-0.05, 0) is 19.1 Å². The summed E-state index contributed by atoms with van der Waals surface area (Å²) in [5.74, 6) is -0.145. The molecule has 2 aromatic heterocycles. The van der Waals surface area contributed by atoms with E-state index in [0.717, 1.165) is 11.1 Å². The minimum absolute atomic E-state index is 0.0652. The molecule has 0 bridgehead atoms. The van der Waals surface area contributed by atoms with E-state index in [9.17, 15) is 14.7 Å². The Balaban J connectivity index is 2.05. The second-order valence-electron chi connectivity index (χ2n) is 7.84. The smallest absolute Gasteiger partial charge is 0.259 e. The zero-order chi connectivity index (χ0) is 21.8. The lowest BCUT2D eigenvalue weighted by atomic mass is 9.99. The first kappa shape index (κ1) is 21.7. The molecule has 3 rings (SSSR count). The van der Waals surface area contributed by atoms with Gasteiger partial charge in [0.15, 0.2) is 0 Å². The first-order valence-electron chi connectivity index (χ1n) is 10.0. The number of amides is 2. The topological polar surface area (TPSA) is 95.9 Å². The third kappa shape index (κ3) is 4.59. The van der Waals surface area contributed by atoms with Gasteiger partial charge in [-0.25, -0.2) is 4.98 Å². The molecule has 8 nitrogen and oxygen atoms in total. The molecule has 0 spiro atoms. The maximum atomic E-state index is 13.4. The number of carbonyl (C=O) groups excluding carboxylic acids is 2. The van der Waals surface area contributed by atoms with E-state index in [-0.39, 0.29) is 42.4 Å². The first-order valence-corrected chi connectivity index (χ1v) is 10.0. The molecule has 0 aromatic carbocycles. The molecule has 0 fully saturated rings. The third-order valence-corrected chi connectivity index (χ3v) is 5.51. The fourth-order valence-electron chi connectivity index (χ4n) is 3.41. The van der Waals surface area contributed by atoms with Crippen LogP contribution in [0.5, 0.6) is 5.88 Å². The second kappa shape index (κ2) is 9.21. The van der Waals surface area contributed by atoms with Crippen LogP contribution < -0.4 is 4.74 Å². The lowest BCUT2D eigenvalue weighted by Crippen LogP contribution is -2.50. The predicted octanol–water partition coefficient (Wildman–Crippen LogP) is 1.84. The summed E-state index contributed by atoms with van der Waals surface area (Å²) in [7, 11) is 1.72. The lowest BCUT2D eigenvalue weighted by Gasteiger charge is -2.37. The van der Waals surface area contributed by atoms with Gasteiger partial charge >= 0.3 is 0 Å². The zero-order valence-corrected chi connectivity index (χ0v) is 17.8. The van der Waals surface area contributed by atoms with Gasteiger partial charge in [0.05, 0.1) is 19.2 Å². The Morgan fingerprint density at radius 1 is 1.40 bits per heavy atom. The summed E-state index contributed by atoms with van der Waals surface area (Å²) in [6.45, 7) is 5.90. The second-order valence-corrected chi connectivity index (χ2v) is 7.84. The van der Waals surface area contributed by atoms with Crippen LogP contribution in [-0.2, 0) is 4.79 Å². The van der Waals surface area contributed by atoms with Crippen LogP contribution >= 0.6 is 0 Å². The zero-order valence-electron chi connectivity index (χ0n) is 17.8. The molecule has 2 aromatic rings. The molecule has 1 N–H and O–H groups in total. The van der Waals surface area contributed by atoms with E-state index in [1.807, 2.05) is 26.0 Å². The summed E-state index contributed by atoms with van der Waals surface area (Å²) in [5, 5.41) is 9.72. The Morgan fingerprint density at radius 2 is 2.17 bits per heavy atom. The van der Waals surface area contributed by atoms with Gasteiger partial charge in [-0.2, -0.15) is 0 Å². The Hall–Kier alpha value is -3.00. The molecule has 0 saturated heterocycles. The number of likely N-dealkylation sites (N-methyl/N-ethyl adjacent to an activating group) is 1. The molecule has 0 aliphatic carbocycles. The Labute approximate surface area is 176 Å². The molecule has 1 aliphatic heterocycles. The SMILES string of the molecule is CC(=O)N(C)C[C@H]1Oc2ncc(-c3cccnc3)cc2C(=O)N([C@H](C)CO)C[C@H]1C. The van der Waals surface area contributed by atoms with Crippen molar-refractivity contribution in [1.29, 1.82) is 0 Å². The van der Waals surface area contributed by atoms with Gasteiger partial charge in [0, 0.05) is 56.2 Å². The Bertz CT molecular complexity index is 905. The fourth-order valence-corrected chi connectivity index (χ4v) is 3.41. The number of hydrogen-bond acceptors (Lipinski definition) is 6. The van der Waals surface area contributed by atoms with E-state index in [1.54, 1.807) is 41.5 Å². The van der Waals surface area contributed by atoms with Crippen molar-refractivity contribution in [3.8, 4) is 17.0 Å². The maximum Gasteiger partial charge on any atom is 0.259 e. The molecule has 160 valence electrons. The molecule has 0 radical (unpaired) electrons. The normalized spacial score (nSPS) is 19.9. The minimum atomic E-state index is -0.362. The lowest BCUT2D eigenvalue weighted by molar-refractivity contribution is -0.129. The van der Waals surface area contributed by atoms with Crippen LogP contribution in [0, 0.1) is 5.92 Å². The highest BCUT2D eigenvalue weighted by Crippen LogP contribution is 2.30. The molecule has 8 heteroatoms. The van der Waals surface area contributed by atoms with Crippen molar-refractivity contribution in [2.45, 2.75) is 32.9 Å². The van der Waals surface area contributed by atoms with Gasteiger partial charge in [0.2, 0.25) is 11.8 Å². The van der Waals surface area contributed by atoms with Crippen LogP contribution in [0.15, 0.2) is 36.8 Å². The highest BCUT2D eigenvalue weighted by Gasteiger charge is 2.34. The number of fused-ring (bicyclic) bond motifs is 1. The quantitative estimate of drug-likeness (QED) is 0.805. The largest absolute Gasteiger partial charge is 0.472 e. The summed E-state index contributed by atoms with van der Waals surface area (Å²) in [6.07, 6.45) is 4.69. The third-order valence-electron chi connectivity index (χ3n) is 5.51. The Morgan fingerprint density at radius 3 is 2.80 bits per heavy atom. The molecular weight excluding hydrogens is 384 g/mol. The minimum Gasteiger partial charge on any atom is -0.472 e. The standard InChI is InChI=1S/C22H28N4O4/c1-14-11-26(15(2)13-27)22(29)19-8-18(17-6-5-7-23-9-17)10-24-21(19)30-20(14)12-25(4)16(3)28/h5-10,14-15,20,27H,11-13H2,1-4H3/t14-,15-,20-/m1/s1. The number of carbonyl (C=O) groups is 2. The van der Waals surface area contributed by atoms with Gasteiger partial charge in [0.1, 0.15) is 11.7 Å². The average Bonchev–Trinajstić information content (AvgIpc) is 2.75. The number of hydrogen-bond donors (Lipinski definition) is 1.